The Kier molecular flexibility index (Phi) is 5.45. The number of aryl methyl sites for hydroxylation is 1. The molecule has 2 heterocycles. The van der Waals surface area contributed by atoms with Crippen LogP contribution in [0.5, 0.6) is 5.75 Å². The molecule has 0 spiro atoms. The summed E-state index contributed by atoms with van der Waals surface area (Å²) < 4.78 is 34.1. The van der Waals surface area contributed by atoms with Crippen molar-refractivity contribution in [1.29, 1.82) is 0 Å². The molecule has 3 aromatic rings. The normalized spacial score (nSPS) is 14.5. The Labute approximate surface area is 193 Å². The number of carbonyl (C=O) groups is 1. The monoisotopic (exact) mass is 492 g/mol. The molecule has 31 heavy (non-hydrogen) atoms. The Morgan fingerprint density at radius 1 is 1.13 bits per heavy atom. The highest BCUT2D eigenvalue weighted by Crippen LogP contribution is 2.52. The van der Waals surface area contributed by atoms with E-state index < -0.39 is 21.6 Å². The van der Waals surface area contributed by atoms with Crippen LogP contribution >= 0.6 is 32.9 Å². The van der Waals surface area contributed by atoms with Crippen molar-refractivity contribution in [3.05, 3.63) is 56.7 Å². The third kappa shape index (κ3) is 3.67. The summed E-state index contributed by atoms with van der Waals surface area (Å²) in [6.07, 6.45) is 0. The van der Waals surface area contributed by atoms with Gasteiger partial charge in [0.2, 0.25) is 0 Å². The predicted octanol–water partition coefficient (Wildman–Crippen LogP) is 5.68. The minimum Gasteiger partial charge on any atom is -0.497 e. The maximum absolute atomic E-state index is 13.4. The largest absolute Gasteiger partial charge is 0.497 e. The Bertz CT molecular complexity index is 1340. The molecular formula is C21H20N2O4S4. The van der Waals surface area contributed by atoms with Crippen molar-refractivity contribution in [3.63, 3.8) is 0 Å². The van der Waals surface area contributed by atoms with Gasteiger partial charge < -0.3 is 4.74 Å². The van der Waals surface area contributed by atoms with Gasteiger partial charge >= 0.3 is 6.03 Å². The maximum atomic E-state index is 13.4. The van der Waals surface area contributed by atoms with Crippen LogP contribution in [0.25, 0.3) is 11.1 Å². The molecule has 10 heteroatoms. The van der Waals surface area contributed by atoms with Gasteiger partial charge in [-0.3, -0.25) is 4.90 Å². The summed E-state index contributed by atoms with van der Waals surface area (Å²) in [5.74, 6) is 0.627. The van der Waals surface area contributed by atoms with E-state index in [2.05, 4.69) is 4.72 Å². The number of amides is 2. The first kappa shape index (κ1) is 21.9. The molecule has 1 aromatic heterocycles. The van der Waals surface area contributed by atoms with Crippen LogP contribution in [0, 0.1) is 10.7 Å². The number of methoxy groups -OCH3 is 1. The second-order valence-corrected chi connectivity index (χ2v) is 12.2. The van der Waals surface area contributed by atoms with Gasteiger partial charge in [0.1, 0.15) is 9.57 Å². The average molecular weight is 493 g/mol. The topological polar surface area (TPSA) is 75.7 Å². The van der Waals surface area contributed by atoms with E-state index in [4.69, 9.17) is 17.0 Å². The van der Waals surface area contributed by atoms with Crippen LogP contribution in [0.1, 0.15) is 24.3 Å². The fraction of sp³-hybridized carbons (Fsp3) is 0.238. The summed E-state index contributed by atoms with van der Waals surface area (Å²) in [5, 5.41) is 0. The average Bonchev–Trinajstić information content (AvgIpc) is 3.10. The molecule has 0 radical (unpaired) electrons. The number of fused-ring (bicyclic) bond motifs is 3. The highest BCUT2D eigenvalue weighted by atomic mass is 32.9. The third-order valence-corrected chi connectivity index (χ3v) is 9.88. The summed E-state index contributed by atoms with van der Waals surface area (Å²) in [6, 6.07) is 10.9. The van der Waals surface area contributed by atoms with Gasteiger partial charge in [-0.2, -0.15) is 0 Å². The Balaban J connectivity index is 1.82. The summed E-state index contributed by atoms with van der Waals surface area (Å²) in [4.78, 5) is 15.8. The molecule has 1 aliphatic rings. The van der Waals surface area contributed by atoms with Gasteiger partial charge in [-0.1, -0.05) is 50.6 Å². The fourth-order valence-corrected chi connectivity index (χ4v) is 7.85. The minimum atomic E-state index is -4.04. The molecule has 162 valence electrons. The number of urea groups is 1. The van der Waals surface area contributed by atoms with Crippen molar-refractivity contribution in [3.8, 4) is 16.9 Å². The van der Waals surface area contributed by atoms with E-state index in [-0.39, 0.29) is 4.90 Å². The summed E-state index contributed by atoms with van der Waals surface area (Å²) in [5.41, 5.74) is 2.35. The number of hydrogen-bond donors (Lipinski definition) is 1. The quantitative estimate of drug-likeness (QED) is 0.376. The van der Waals surface area contributed by atoms with E-state index in [1.807, 2.05) is 26.8 Å². The van der Waals surface area contributed by atoms with Crippen molar-refractivity contribution in [2.24, 2.45) is 0 Å². The van der Waals surface area contributed by atoms with Crippen LogP contribution in [0.15, 0.2) is 47.4 Å². The maximum Gasteiger partial charge on any atom is 0.336 e. The van der Waals surface area contributed by atoms with Crippen molar-refractivity contribution in [1.82, 2.24) is 4.72 Å². The zero-order valence-corrected chi connectivity index (χ0v) is 20.5. The zero-order valence-electron chi connectivity index (χ0n) is 17.3. The first-order valence-corrected chi connectivity index (χ1v) is 13.4. The van der Waals surface area contributed by atoms with Crippen LogP contribution in [0.4, 0.5) is 10.5 Å². The lowest BCUT2D eigenvalue weighted by Crippen LogP contribution is -2.53. The lowest BCUT2D eigenvalue weighted by molar-refractivity contribution is 0.245. The summed E-state index contributed by atoms with van der Waals surface area (Å²) in [6.45, 7) is 5.63. The van der Waals surface area contributed by atoms with Gasteiger partial charge in [0.25, 0.3) is 10.0 Å². The lowest BCUT2D eigenvalue weighted by atomic mass is 9.88. The standard InChI is InChI=1S/C21H20N2O4S4/c1-12-5-8-14(9-6-12)31(25,26)22-20(24)23-16-10-7-13(27-4)11-15(16)17-18(21(23,2)3)29-30-19(17)28/h5-11H,1-4H3,(H,22,24). The second kappa shape index (κ2) is 7.70. The van der Waals surface area contributed by atoms with Gasteiger partial charge in [0.05, 0.1) is 28.1 Å². The molecule has 0 atom stereocenters. The SMILES string of the molecule is COc1ccc2c(c1)-c1c(ssc1=S)C(C)(C)N2C(=O)NS(=O)(=O)c1ccc(C)cc1. The molecule has 0 aliphatic carbocycles. The molecule has 4 rings (SSSR count). The minimum absolute atomic E-state index is 0.0306. The van der Waals surface area contributed by atoms with Gasteiger partial charge in [-0.05, 0) is 51.1 Å². The first-order chi connectivity index (χ1) is 14.6. The number of carbonyl (C=O) groups excluding carboxylic acids is 1. The lowest BCUT2D eigenvalue weighted by Gasteiger charge is -2.42. The Morgan fingerprint density at radius 3 is 2.45 bits per heavy atom. The molecule has 2 amide bonds. The van der Waals surface area contributed by atoms with Crippen LogP contribution in [0.3, 0.4) is 0 Å². The molecule has 0 unspecified atom stereocenters. The Hall–Kier alpha value is -2.27. The third-order valence-electron chi connectivity index (χ3n) is 5.22. The summed E-state index contributed by atoms with van der Waals surface area (Å²) >= 11 is 5.57. The van der Waals surface area contributed by atoms with Crippen molar-refractivity contribution < 1.29 is 17.9 Å². The molecule has 2 aromatic carbocycles. The van der Waals surface area contributed by atoms with E-state index in [1.165, 1.54) is 37.7 Å². The molecule has 1 aliphatic heterocycles. The van der Waals surface area contributed by atoms with Gasteiger partial charge in [-0.25, -0.2) is 17.9 Å². The molecule has 0 bridgehead atoms. The first-order valence-electron chi connectivity index (χ1n) is 9.32. The Morgan fingerprint density at radius 2 is 1.81 bits per heavy atom. The van der Waals surface area contributed by atoms with Crippen LogP contribution in [-0.4, -0.2) is 21.6 Å². The predicted molar refractivity (Wildman–Crippen MR) is 127 cm³/mol. The fourth-order valence-electron chi connectivity index (χ4n) is 3.64. The number of benzene rings is 2. The van der Waals surface area contributed by atoms with Crippen LogP contribution in [0.2, 0.25) is 0 Å². The van der Waals surface area contributed by atoms with Crippen molar-refractivity contribution >= 4 is 54.6 Å². The zero-order chi connectivity index (χ0) is 22.6. The van der Waals surface area contributed by atoms with Crippen LogP contribution < -0.4 is 14.4 Å². The van der Waals surface area contributed by atoms with Crippen molar-refractivity contribution in [2.75, 3.05) is 12.0 Å². The molecule has 1 N–H and O–H groups in total. The number of hydrogen-bond acceptors (Lipinski definition) is 7. The van der Waals surface area contributed by atoms with E-state index in [0.29, 0.717) is 11.4 Å². The van der Waals surface area contributed by atoms with E-state index in [1.54, 1.807) is 31.4 Å². The van der Waals surface area contributed by atoms with Gasteiger partial charge in [0, 0.05) is 11.1 Å². The molecule has 0 saturated heterocycles. The van der Waals surface area contributed by atoms with Gasteiger partial charge in [0.15, 0.2) is 0 Å². The van der Waals surface area contributed by atoms with E-state index in [0.717, 1.165) is 25.4 Å². The highest BCUT2D eigenvalue weighted by Gasteiger charge is 2.44. The van der Waals surface area contributed by atoms with E-state index >= 15 is 0 Å². The second-order valence-electron chi connectivity index (χ2n) is 7.66. The number of ether oxygens (including phenoxy) is 1. The molecular weight excluding hydrogens is 473 g/mol. The molecule has 0 fully saturated rings. The van der Waals surface area contributed by atoms with Gasteiger partial charge in [-0.15, -0.1) is 0 Å². The number of nitrogens with one attached hydrogen (secondary N) is 1. The summed E-state index contributed by atoms with van der Waals surface area (Å²) in [7, 11) is 0.487. The number of anilines is 1. The number of sulfonamides is 1. The molecule has 6 nitrogen and oxygen atoms in total. The number of nitrogens with zero attached hydrogens (tertiary/aromatic N) is 1. The number of rotatable bonds is 3. The van der Waals surface area contributed by atoms with Crippen molar-refractivity contribution in [2.45, 2.75) is 31.2 Å². The van der Waals surface area contributed by atoms with E-state index in [9.17, 15) is 13.2 Å². The molecule has 0 saturated carbocycles. The van der Waals surface area contributed by atoms with Crippen LogP contribution in [-0.2, 0) is 15.6 Å². The smallest absolute Gasteiger partial charge is 0.336 e. The highest BCUT2D eigenvalue weighted by molar-refractivity contribution is 7.90.